The van der Waals surface area contributed by atoms with Gasteiger partial charge >= 0.3 is 0 Å². The van der Waals surface area contributed by atoms with Crippen molar-refractivity contribution in [3.05, 3.63) is 138 Å². The van der Waals surface area contributed by atoms with Gasteiger partial charge in [-0.3, -0.25) is 4.90 Å². The number of rotatable bonds is 6. The lowest BCUT2D eigenvalue weighted by Crippen LogP contribution is -2.22. The number of imidazole rings is 1. The zero-order valence-corrected chi connectivity index (χ0v) is 20.2. The van der Waals surface area contributed by atoms with E-state index in [2.05, 4.69) is 93.3 Å². The van der Waals surface area contributed by atoms with Crippen LogP contribution in [0.1, 0.15) is 39.8 Å². The molecule has 0 spiro atoms. The summed E-state index contributed by atoms with van der Waals surface area (Å²) in [7, 11) is 0. The Morgan fingerprint density at radius 2 is 1.53 bits per heavy atom. The number of aromatic nitrogens is 2. The number of nitriles is 1. The zero-order valence-electron chi connectivity index (χ0n) is 20.2. The molecule has 0 aliphatic carbocycles. The zero-order chi connectivity index (χ0) is 24.3. The van der Waals surface area contributed by atoms with Gasteiger partial charge in [0, 0.05) is 44.2 Å². The summed E-state index contributed by atoms with van der Waals surface area (Å²) < 4.78 is 2.23. The van der Waals surface area contributed by atoms with Crippen molar-refractivity contribution in [3.8, 4) is 6.07 Å². The number of benzene rings is 4. The van der Waals surface area contributed by atoms with Gasteiger partial charge in [-0.2, -0.15) is 5.26 Å². The Bertz CT molecular complexity index is 1510. The third-order valence-electron chi connectivity index (χ3n) is 7.47. The molecule has 4 aromatic carbocycles. The first-order chi connectivity index (χ1) is 17.8. The van der Waals surface area contributed by atoms with Crippen molar-refractivity contribution in [2.75, 3.05) is 13.1 Å². The Morgan fingerprint density at radius 3 is 2.36 bits per heavy atom. The van der Waals surface area contributed by atoms with Crippen molar-refractivity contribution in [2.45, 2.75) is 24.9 Å². The third-order valence-corrected chi connectivity index (χ3v) is 7.47. The van der Waals surface area contributed by atoms with Gasteiger partial charge in [0.15, 0.2) is 0 Å². The fraction of sp³-hybridized carbons (Fsp3) is 0.188. The van der Waals surface area contributed by atoms with Gasteiger partial charge in [-0.15, -0.1) is 0 Å². The summed E-state index contributed by atoms with van der Waals surface area (Å²) >= 11 is 0. The summed E-state index contributed by atoms with van der Waals surface area (Å²) in [6.07, 6.45) is 3.91. The molecule has 1 aliphatic rings. The summed E-state index contributed by atoms with van der Waals surface area (Å²) in [5.74, 6) is 0.861. The van der Waals surface area contributed by atoms with Crippen LogP contribution in [0.25, 0.3) is 10.8 Å². The molecule has 5 aromatic rings. The van der Waals surface area contributed by atoms with Gasteiger partial charge in [0.25, 0.3) is 0 Å². The van der Waals surface area contributed by atoms with Gasteiger partial charge in [0.2, 0.25) is 0 Å². The first kappa shape index (κ1) is 22.3. The Balaban J connectivity index is 1.28. The lowest BCUT2D eigenvalue weighted by atomic mass is 9.82. The van der Waals surface area contributed by atoms with E-state index >= 15 is 0 Å². The van der Waals surface area contributed by atoms with Crippen LogP contribution in [0.5, 0.6) is 0 Å². The van der Waals surface area contributed by atoms with Crippen LogP contribution in [0, 0.1) is 11.3 Å². The minimum Gasteiger partial charge on any atom is -0.329 e. The molecule has 176 valence electrons. The first-order valence-corrected chi connectivity index (χ1v) is 12.5. The molecule has 0 saturated carbocycles. The number of nitrogens with zero attached hydrogens (tertiary/aromatic N) is 4. The maximum atomic E-state index is 9.08. The van der Waals surface area contributed by atoms with E-state index in [9.17, 15) is 0 Å². The van der Waals surface area contributed by atoms with Gasteiger partial charge in [0.05, 0.1) is 23.7 Å². The fourth-order valence-electron chi connectivity index (χ4n) is 5.67. The van der Waals surface area contributed by atoms with Crippen molar-refractivity contribution in [1.82, 2.24) is 14.5 Å². The molecule has 1 aromatic heterocycles. The monoisotopic (exact) mass is 468 g/mol. The topological polar surface area (TPSA) is 44.9 Å². The highest BCUT2D eigenvalue weighted by Crippen LogP contribution is 2.42. The average molecular weight is 469 g/mol. The molecule has 1 aliphatic heterocycles. The van der Waals surface area contributed by atoms with E-state index in [-0.39, 0.29) is 0 Å². The van der Waals surface area contributed by atoms with Gasteiger partial charge < -0.3 is 4.57 Å². The number of fused-ring (bicyclic) bond motifs is 1. The molecule has 4 nitrogen and oxygen atoms in total. The normalized spacial score (nSPS) is 17.9. The van der Waals surface area contributed by atoms with Gasteiger partial charge in [-0.25, -0.2) is 4.98 Å². The largest absolute Gasteiger partial charge is 0.329 e. The lowest BCUT2D eigenvalue weighted by Gasteiger charge is -2.21. The number of hydrogen-bond acceptors (Lipinski definition) is 3. The highest BCUT2D eigenvalue weighted by Gasteiger charge is 2.35. The predicted octanol–water partition coefficient (Wildman–Crippen LogP) is 6.34. The van der Waals surface area contributed by atoms with E-state index < -0.39 is 0 Å². The Kier molecular flexibility index (Phi) is 6.07. The van der Waals surface area contributed by atoms with Crippen LogP contribution in [-0.4, -0.2) is 27.5 Å². The Hall–Kier alpha value is -4.20. The van der Waals surface area contributed by atoms with E-state index in [1.54, 1.807) is 0 Å². The summed E-state index contributed by atoms with van der Waals surface area (Å²) in [4.78, 5) is 7.05. The van der Waals surface area contributed by atoms with Gasteiger partial charge in [-0.05, 0) is 39.6 Å². The van der Waals surface area contributed by atoms with Crippen LogP contribution in [0.3, 0.4) is 0 Å². The van der Waals surface area contributed by atoms with Gasteiger partial charge in [0.1, 0.15) is 0 Å². The maximum absolute atomic E-state index is 9.08. The molecule has 0 amide bonds. The molecule has 1 saturated heterocycles. The molecule has 0 radical (unpaired) electrons. The first-order valence-electron chi connectivity index (χ1n) is 12.5. The molecular formula is C32H28N4. The smallest absolute Gasteiger partial charge is 0.0991 e. The van der Waals surface area contributed by atoms with Crippen molar-refractivity contribution >= 4 is 10.8 Å². The molecule has 4 heteroatoms. The molecule has 36 heavy (non-hydrogen) atoms. The Labute approximate surface area is 212 Å². The van der Waals surface area contributed by atoms with Crippen molar-refractivity contribution < 1.29 is 0 Å². The van der Waals surface area contributed by atoms with Crippen LogP contribution in [0.2, 0.25) is 0 Å². The second-order valence-corrected chi connectivity index (χ2v) is 9.71. The second kappa shape index (κ2) is 9.81. The average Bonchev–Trinajstić information content (AvgIpc) is 3.56. The molecule has 0 N–H and O–H groups in total. The summed E-state index contributed by atoms with van der Waals surface area (Å²) in [6.45, 7) is 3.64. The van der Waals surface area contributed by atoms with E-state index in [1.165, 1.54) is 33.2 Å². The number of hydrogen-bond donors (Lipinski definition) is 0. The summed E-state index contributed by atoms with van der Waals surface area (Å²) in [5.41, 5.74) is 5.92. The molecule has 1 fully saturated rings. The van der Waals surface area contributed by atoms with E-state index in [0.29, 0.717) is 17.4 Å². The molecule has 2 unspecified atom stereocenters. The van der Waals surface area contributed by atoms with Crippen molar-refractivity contribution in [1.29, 1.82) is 5.26 Å². The van der Waals surface area contributed by atoms with Crippen molar-refractivity contribution in [2.24, 2.45) is 0 Å². The summed E-state index contributed by atoms with van der Waals surface area (Å²) in [6, 6.07) is 36.5. The van der Waals surface area contributed by atoms with E-state index in [0.717, 1.165) is 26.2 Å². The van der Waals surface area contributed by atoms with E-state index in [4.69, 9.17) is 5.26 Å². The van der Waals surface area contributed by atoms with Crippen LogP contribution < -0.4 is 0 Å². The lowest BCUT2D eigenvalue weighted by molar-refractivity contribution is 0.315. The highest BCUT2D eigenvalue weighted by molar-refractivity contribution is 5.86. The van der Waals surface area contributed by atoms with Gasteiger partial charge in [-0.1, -0.05) is 84.9 Å². The Morgan fingerprint density at radius 1 is 0.778 bits per heavy atom. The molecular weight excluding hydrogens is 440 g/mol. The quantitative estimate of drug-likeness (QED) is 0.292. The van der Waals surface area contributed by atoms with Crippen LogP contribution in [-0.2, 0) is 13.1 Å². The SMILES string of the molecule is N#Cc1ccc(Cn2cncc2CN2CC(c3ccccc3)C(c3cccc4ccccc34)C2)cc1. The van der Waals surface area contributed by atoms with Crippen LogP contribution in [0.15, 0.2) is 110 Å². The second-order valence-electron chi connectivity index (χ2n) is 9.71. The number of likely N-dealkylation sites (tertiary alicyclic amines) is 1. The highest BCUT2D eigenvalue weighted by atomic mass is 15.2. The predicted molar refractivity (Wildman–Crippen MR) is 144 cm³/mol. The molecule has 0 bridgehead atoms. The fourth-order valence-corrected chi connectivity index (χ4v) is 5.67. The summed E-state index contributed by atoms with van der Waals surface area (Å²) in [5, 5.41) is 11.7. The maximum Gasteiger partial charge on any atom is 0.0991 e. The molecule has 2 atom stereocenters. The minimum absolute atomic E-state index is 0.424. The standard InChI is InChI=1S/C32H28N4/c33-17-24-13-15-25(16-14-24)19-36-23-34-18-28(36)20-35-21-31(27-7-2-1-3-8-27)32(22-35)30-12-6-10-26-9-4-5-11-29(26)30/h1-16,18,23,31-32H,19-22H2. The molecule has 6 rings (SSSR count). The van der Waals surface area contributed by atoms with E-state index in [1.807, 2.05) is 36.8 Å². The van der Waals surface area contributed by atoms with Crippen LogP contribution >= 0.6 is 0 Å². The van der Waals surface area contributed by atoms with Crippen LogP contribution in [0.4, 0.5) is 0 Å². The third kappa shape index (κ3) is 4.42. The minimum atomic E-state index is 0.424. The molecule has 2 heterocycles. The van der Waals surface area contributed by atoms with Crippen molar-refractivity contribution in [3.63, 3.8) is 0 Å².